The Labute approximate surface area is 104 Å². The molecule has 18 heavy (non-hydrogen) atoms. The van der Waals surface area contributed by atoms with Crippen molar-refractivity contribution in [1.82, 2.24) is 9.78 Å². The summed E-state index contributed by atoms with van der Waals surface area (Å²) in [4.78, 5) is 12.2. The van der Waals surface area contributed by atoms with Crippen molar-refractivity contribution in [3.63, 3.8) is 0 Å². The normalized spacial score (nSPS) is 10.4. The quantitative estimate of drug-likeness (QED) is 0.781. The summed E-state index contributed by atoms with van der Waals surface area (Å²) in [6, 6.07) is 5.62. The summed E-state index contributed by atoms with van der Waals surface area (Å²) in [5, 5.41) is 4.07. The summed E-state index contributed by atoms with van der Waals surface area (Å²) in [5.74, 6) is -0.104. The molecule has 0 spiro atoms. The summed E-state index contributed by atoms with van der Waals surface area (Å²) in [6.45, 7) is 1.69. The molecule has 5 heteroatoms. The molecule has 0 bridgehead atoms. The van der Waals surface area contributed by atoms with E-state index in [1.54, 1.807) is 20.0 Å². The highest BCUT2D eigenvalue weighted by Crippen LogP contribution is 2.18. The lowest BCUT2D eigenvalue weighted by atomic mass is 10.0. The summed E-state index contributed by atoms with van der Waals surface area (Å²) in [6.07, 6.45) is 0. The van der Waals surface area contributed by atoms with Crippen molar-refractivity contribution in [2.24, 2.45) is 7.05 Å². The number of nitrogens with zero attached hydrogens (tertiary/aromatic N) is 2. The first kappa shape index (κ1) is 12.3. The first-order valence-electron chi connectivity index (χ1n) is 5.42. The number of rotatable bonds is 3. The number of aromatic nitrogens is 2. The molecule has 94 valence electrons. The minimum Gasteiger partial charge on any atom is -0.481 e. The van der Waals surface area contributed by atoms with Gasteiger partial charge in [0, 0.05) is 18.7 Å². The fraction of sp³-hybridized carbons (Fsp3) is 0.231. The van der Waals surface area contributed by atoms with Crippen LogP contribution in [-0.2, 0) is 7.05 Å². The molecule has 1 heterocycles. The number of ether oxygens (including phenoxy) is 1. The van der Waals surface area contributed by atoms with Crippen LogP contribution in [0.3, 0.4) is 0 Å². The third kappa shape index (κ3) is 2.11. The molecule has 0 fully saturated rings. The molecule has 2 aromatic rings. The maximum absolute atomic E-state index is 13.0. The van der Waals surface area contributed by atoms with E-state index in [1.165, 1.54) is 30.0 Å². The second kappa shape index (κ2) is 4.60. The molecule has 0 saturated heterocycles. The smallest absolute Gasteiger partial charge is 0.213 e. The standard InChI is InChI=1S/C13H13FN2O2/c1-8-6-9(14)4-5-10(8)13(17)11-7-12(18-3)16(2)15-11/h4-7H,1-3H3. The monoisotopic (exact) mass is 248 g/mol. The van der Waals surface area contributed by atoms with Crippen LogP contribution in [0, 0.1) is 12.7 Å². The Bertz CT molecular complexity index is 605. The lowest BCUT2D eigenvalue weighted by molar-refractivity contribution is 0.103. The van der Waals surface area contributed by atoms with Crippen LogP contribution in [0.25, 0.3) is 0 Å². The number of carbonyl (C=O) groups excluding carboxylic acids is 1. The van der Waals surface area contributed by atoms with Gasteiger partial charge in [0.1, 0.15) is 11.5 Å². The number of hydrogen-bond donors (Lipinski definition) is 0. The van der Waals surface area contributed by atoms with Gasteiger partial charge in [0.05, 0.1) is 7.11 Å². The van der Waals surface area contributed by atoms with Crippen LogP contribution in [-0.4, -0.2) is 22.7 Å². The fourth-order valence-electron chi connectivity index (χ4n) is 1.77. The molecule has 0 N–H and O–H groups in total. The topological polar surface area (TPSA) is 44.1 Å². The van der Waals surface area contributed by atoms with E-state index in [4.69, 9.17) is 4.74 Å². The maximum Gasteiger partial charge on any atom is 0.213 e. The van der Waals surface area contributed by atoms with Gasteiger partial charge in [-0.1, -0.05) is 0 Å². The molecule has 4 nitrogen and oxygen atoms in total. The van der Waals surface area contributed by atoms with Crippen LogP contribution in [0.15, 0.2) is 24.3 Å². The average molecular weight is 248 g/mol. The first-order valence-corrected chi connectivity index (χ1v) is 5.42. The van der Waals surface area contributed by atoms with E-state index in [1.807, 2.05) is 0 Å². The van der Waals surface area contributed by atoms with Gasteiger partial charge >= 0.3 is 0 Å². The van der Waals surface area contributed by atoms with Gasteiger partial charge in [-0.05, 0) is 30.7 Å². The third-order valence-electron chi connectivity index (χ3n) is 2.71. The lowest BCUT2D eigenvalue weighted by Gasteiger charge is -2.02. The Hall–Kier alpha value is -2.17. The van der Waals surface area contributed by atoms with Crippen molar-refractivity contribution in [3.8, 4) is 5.88 Å². The zero-order valence-corrected chi connectivity index (χ0v) is 10.4. The molecule has 0 aliphatic carbocycles. The highest BCUT2D eigenvalue weighted by Gasteiger charge is 2.17. The Morgan fingerprint density at radius 3 is 2.67 bits per heavy atom. The van der Waals surface area contributed by atoms with Gasteiger partial charge in [-0.25, -0.2) is 9.07 Å². The molecular formula is C13H13FN2O2. The second-order valence-electron chi connectivity index (χ2n) is 3.98. The van der Waals surface area contributed by atoms with Gasteiger partial charge < -0.3 is 4.74 Å². The predicted molar refractivity (Wildman–Crippen MR) is 64.3 cm³/mol. The minimum atomic E-state index is -0.359. The molecule has 0 saturated carbocycles. The molecule has 0 amide bonds. The SMILES string of the molecule is COc1cc(C(=O)c2ccc(F)cc2C)nn1C. The Morgan fingerprint density at radius 1 is 1.39 bits per heavy atom. The zero-order chi connectivity index (χ0) is 13.3. The highest BCUT2D eigenvalue weighted by atomic mass is 19.1. The molecule has 0 aliphatic rings. The largest absolute Gasteiger partial charge is 0.481 e. The Balaban J connectivity index is 2.41. The van der Waals surface area contributed by atoms with Gasteiger partial charge in [0.15, 0.2) is 0 Å². The Morgan fingerprint density at radius 2 is 2.11 bits per heavy atom. The number of methoxy groups -OCH3 is 1. The third-order valence-corrected chi connectivity index (χ3v) is 2.71. The van der Waals surface area contributed by atoms with Gasteiger partial charge in [-0.15, -0.1) is 0 Å². The summed E-state index contributed by atoms with van der Waals surface area (Å²) in [5.41, 5.74) is 1.31. The van der Waals surface area contributed by atoms with Crippen molar-refractivity contribution in [1.29, 1.82) is 0 Å². The van der Waals surface area contributed by atoms with Crippen molar-refractivity contribution >= 4 is 5.78 Å². The second-order valence-corrected chi connectivity index (χ2v) is 3.98. The van der Waals surface area contributed by atoms with E-state index in [0.29, 0.717) is 17.0 Å². The van der Waals surface area contributed by atoms with E-state index >= 15 is 0 Å². The predicted octanol–water partition coefficient (Wildman–Crippen LogP) is 2.11. The van der Waals surface area contributed by atoms with E-state index in [0.717, 1.165) is 0 Å². The number of carbonyl (C=O) groups is 1. The van der Waals surface area contributed by atoms with Crippen molar-refractivity contribution in [3.05, 3.63) is 46.9 Å². The Kier molecular flexibility index (Phi) is 3.14. The number of halogens is 1. The average Bonchev–Trinajstić information content (AvgIpc) is 2.70. The fourth-order valence-corrected chi connectivity index (χ4v) is 1.77. The van der Waals surface area contributed by atoms with Crippen molar-refractivity contribution in [2.75, 3.05) is 7.11 Å². The summed E-state index contributed by atoms with van der Waals surface area (Å²) >= 11 is 0. The molecule has 1 aromatic carbocycles. The van der Waals surface area contributed by atoms with Crippen LogP contribution < -0.4 is 4.74 Å². The van der Waals surface area contributed by atoms with E-state index in [2.05, 4.69) is 5.10 Å². The van der Waals surface area contributed by atoms with Crippen LogP contribution in [0.5, 0.6) is 5.88 Å². The van der Waals surface area contributed by atoms with Crippen LogP contribution in [0.1, 0.15) is 21.6 Å². The number of ketones is 1. The molecule has 1 aromatic heterocycles. The van der Waals surface area contributed by atoms with E-state index in [-0.39, 0.29) is 17.3 Å². The van der Waals surface area contributed by atoms with Gasteiger partial charge in [-0.2, -0.15) is 5.10 Å². The molecule has 0 aliphatic heterocycles. The number of hydrogen-bond acceptors (Lipinski definition) is 3. The maximum atomic E-state index is 13.0. The molecular weight excluding hydrogens is 235 g/mol. The van der Waals surface area contributed by atoms with Gasteiger partial charge in [0.25, 0.3) is 0 Å². The molecule has 2 rings (SSSR count). The number of aryl methyl sites for hydroxylation is 2. The molecule has 0 radical (unpaired) electrons. The van der Waals surface area contributed by atoms with Crippen LogP contribution >= 0.6 is 0 Å². The van der Waals surface area contributed by atoms with Gasteiger partial charge in [0.2, 0.25) is 11.7 Å². The number of benzene rings is 1. The molecule has 0 unspecified atom stereocenters. The summed E-state index contributed by atoms with van der Waals surface area (Å²) in [7, 11) is 3.20. The van der Waals surface area contributed by atoms with E-state index in [9.17, 15) is 9.18 Å². The highest BCUT2D eigenvalue weighted by molar-refractivity contribution is 6.08. The van der Waals surface area contributed by atoms with Gasteiger partial charge in [-0.3, -0.25) is 4.79 Å². The minimum absolute atomic E-state index is 0.244. The van der Waals surface area contributed by atoms with Crippen molar-refractivity contribution < 1.29 is 13.9 Å². The van der Waals surface area contributed by atoms with Crippen LogP contribution in [0.2, 0.25) is 0 Å². The van der Waals surface area contributed by atoms with Crippen LogP contribution in [0.4, 0.5) is 4.39 Å². The van der Waals surface area contributed by atoms with E-state index < -0.39 is 0 Å². The lowest BCUT2D eigenvalue weighted by Crippen LogP contribution is -2.05. The zero-order valence-electron chi connectivity index (χ0n) is 10.4. The van der Waals surface area contributed by atoms with Crippen molar-refractivity contribution in [2.45, 2.75) is 6.92 Å². The molecule has 0 atom stereocenters. The first-order chi connectivity index (χ1) is 8.52. The summed E-state index contributed by atoms with van der Waals surface area (Å²) < 4.78 is 19.5.